The molecule has 9 nitrogen and oxygen atoms in total. The summed E-state index contributed by atoms with van der Waals surface area (Å²) in [6.45, 7) is 5.17. The Bertz CT molecular complexity index is 1580. The summed E-state index contributed by atoms with van der Waals surface area (Å²) < 4.78 is 59.0. The summed E-state index contributed by atoms with van der Waals surface area (Å²) in [5.41, 5.74) is 2.84. The van der Waals surface area contributed by atoms with Crippen LogP contribution in [0, 0.1) is 0 Å². The number of carbonyl (C=O) groups is 2. The van der Waals surface area contributed by atoms with Gasteiger partial charge in [-0.3, -0.25) is 15.0 Å². The Hall–Kier alpha value is -3.94. The van der Waals surface area contributed by atoms with E-state index >= 15 is 0 Å². The summed E-state index contributed by atoms with van der Waals surface area (Å²) in [7, 11) is 0. The van der Waals surface area contributed by atoms with E-state index in [0.29, 0.717) is 34.4 Å². The van der Waals surface area contributed by atoms with E-state index in [1.807, 2.05) is 0 Å². The van der Waals surface area contributed by atoms with Crippen LogP contribution in [-0.2, 0) is 31.8 Å². The van der Waals surface area contributed by atoms with Crippen molar-refractivity contribution in [3.63, 3.8) is 0 Å². The minimum atomic E-state index is -4.58. The molecule has 0 radical (unpaired) electrons. The Morgan fingerprint density at radius 2 is 1.70 bits per heavy atom. The highest BCUT2D eigenvalue weighted by molar-refractivity contribution is 9.10. The van der Waals surface area contributed by atoms with Crippen LogP contribution in [0.15, 0.2) is 82.3 Å². The minimum absolute atomic E-state index is 0.00367. The minimum Gasteiger partial charge on any atom is -0.494 e. The third-order valence-electron chi connectivity index (χ3n) is 7.15. The summed E-state index contributed by atoms with van der Waals surface area (Å²) in [6.07, 6.45) is -5.51. The van der Waals surface area contributed by atoms with Crippen LogP contribution in [0.2, 0.25) is 0 Å². The van der Waals surface area contributed by atoms with Crippen LogP contribution in [0.4, 0.5) is 13.2 Å². The van der Waals surface area contributed by atoms with Crippen molar-refractivity contribution >= 4 is 33.7 Å². The average Bonchev–Trinajstić information content (AvgIpc) is 3.40. The van der Waals surface area contributed by atoms with Gasteiger partial charge in [0, 0.05) is 41.6 Å². The van der Waals surface area contributed by atoms with Crippen LogP contribution in [0.3, 0.4) is 0 Å². The zero-order valence-electron chi connectivity index (χ0n) is 26.2. The number of hydrogen-bond donors (Lipinski definition) is 3. The molecule has 2 atom stereocenters. The lowest BCUT2D eigenvalue weighted by atomic mass is 9.83. The number of carbonyl (C=O) groups excluding carboxylic acids is 2. The number of alkyl halides is 3. The Labute approximate surface area is 279 Å². The van der Waals surface area contributed by atoms with Gasteiger partial charge in [0.2, 0.25) is 5.90 Å². The first kappa shape index (κ1) is 35.9. The number of halogens is 4. The quantitative estimate of drug-likeness (QED) is 0.106. The molecule has 0 bridgehead atoms. The molecular formula is C34H37BrF3N3O6. The molecule has 252 valence electrons. The smallest absolute Gasteiger partial charge is 0.416 e. The molecular weight excluding hydrogens is 683 g/mol. The number of aliphatic hydroxyl groups excluding tert-OH is 1. The summed E-state index contributed by atoms with van der Waals surface area (Å²) in [6, 6.07) is 19.0. The number of amides is 1. The molecule has 1 amide bonds. The average molecular weight is 721 g/mol. The van der Waals surface area contributed by atoms with E-state index in [9.17, 15) is 22.8 Å². The predicted octanol–water partition coefficient (Wildman–Crippen LogP) is 6.43. The van der Waals surface area contributed by atoms with E-state index in [0.717, 1.165) is 6.07 Å². The van der Waals surface area contributed by atoms with Gasteiger partial charge in [-0.1, -0.05) is 52.3 Å². The molecule has 1 aliphatic heterocycles. The second kappa shape index (κ2) is 15.3. The molecule has 4 rings (SSSR count). The van der Waals surface area contributed by atoms with E-state index in [2.05, 4.69) is 26.8 Å². The number of rotatable bonds is 13. The van der Waals surface area contributed by atoms with Crippen LogP contribution in [0.25, 0.3) is 0 Å². The number of aliphatic imine (C=N–C) groups is 1. The fraction of sp³-hybridized carbons (Fsp3) is 0.382. The van der Waals surface area contributed by atoms with Crippen molar-refractivity contribution in [2.75, 3.05) is 13.2 Å². The standard InChI is InChI=1S/C34H37BrF3N3O6/c1-32(2,3)47-28(43)17-18-33(31(44)41-39-21-23-9-4-6-11-26(23)34(36,37)38)29(25-10-5-7-12-27(25)35)46-30(40-33)22-13-15-24(16-14-22)45-20-8-19-42/h4-7,9-16,29,39,42H,8,17-21H2,1-3H3,(H,41,44)/t29-,33-/m0/s1. The van der Waals surface area contributed by atoms with Gasteiger partial charge in [0.25, 0.3) is 5.91 Å². The van der Waals surface area contributed by atoms with Crippen LogP contribution < -0.4 is 15.6 Å². The topological polar surface area (TPSA) is 118 Å². The van der Waals surface area contributed by atoms with Gasteiger partial charge in [-0.25, -0.2) is 10.4 Å². The third-order valence-corrected chi connectivity index (χ3v) is 7.87. The van der Waals surface area contributed by atoms with E-state index < -0.39 is 40.9 Å². The Morgan fingerprint density at radius 3 is 2.36 bits per heavy atom. The molecule has 3 aromatic rings. The molecule has 13 heteroatoms. The fourth-order valence-electron chi connectivity index (χ4n) is 5.00. The molecule has 0 spiro atoms. The van der Waals surface area contributed by atoms with E-state index in [1.54, 1.807) is 69.3 Å². The summed E-state index contributed by atoms with van der Waals surface area (Å²) in [5, 5.41) is 9.03. The molecule has 0 saturated heterocycles. The van der Waals surface area contributed by atoms with Gasteiger partial charge in [0.1, 0.15) is 11.4 Å². The van der Waals surface area contributed by atoms with E-state index in [1.165, 1.54) is 18.2 Å². The maximum absolute atomic E-state index is 14.2. The number of nitrogens with zero attached hydrogens (tertiary/aromatic N) is 1. The number of ether oxygens (including phenoxy) is 3. The molecule has 0 aliphatic carbocycles. The number of esters is 1. The van der Waals surface area contributed by atoms with Crippen LogP contribution in [0.5, 0.6) is 5.75 Å². The zero-order valence-corrected chi connectivity index (χ0v) is 27.8. The second-order valence-electron chi connectivity index (χ2n) is 11.9. The Kier molecular flexibility index (Phi) is 11.7. The first-order valence-electron chi connectivity index (χ1n) is 15.0. The van der Waals surface area contributed by atoms with Gasteiger partial charge in [-0.15, -0.1) is 0 Å². The van der Waals surface area contributed by atoms with Gasteiger partial charge in [-0.2, -0.15) is 13.2 Å². The van der Waals surface area contributed by atoms with Gasteiger partial charge in [0.15, 0.2) is 11.6 Å². The van der Waals surface area contributed by atoms with Crippen LogP contribution in [0.1, 0.15) is 68.4 Å². The number of benzene rings is 3. The number of aliphatic hydroxyl groups is 1. The third kappa shape index (κ3) is 9.33. The molecule has 3 N–H and O–H groups in total. The van der Waals surface area contributed by atoms with E-state index in [4.69, 9.17) is 24.3 Å². The molecule has 3 aromatic carbocycles. The maximum atomic E-state index is 14.2. The summed E-state index contributed by atoms with van der Waals surface area (Å²) in [4.78, 5) is 31.9. The van der Waals surface area contributed by atoms with Crippen LogP contribution in [-0.4, -0.2) is 47.2 Å². The van der Waals surface area contributed by atoms with Crippen molar-refractivity contribution in [2.45, 2.75) is 70.0 Å². The highest BCUT2D eigenvalue weighted by atomic mass is 79.9. The van der Waals surface area contributed by atoms with Crippen molar-refractivity contribution in [1.29, 1.82) is 0 Å². The summed E-state index contributed by atoms with van der Waals surface area (Å²) in [5.74, 6) is -0.601. The Balaban J connectivity index is 1.70. The number of nitrogens with one attached hydrogen (secondary N) is 2. The van der Waals surface area contributed by atoms with Gasteiger partial charge >= 0.3 is 12.1 Å². The highest BCUT2D eigenvalue weighted by Crippen LogP contribution is 2.45. The number of hydrazine groups is 1. The lowest BCUT2D eigenvalue weighted by Crippen LogP contribution is -2.53. The normalized spacial score (nSPS) is 17.9. The van der Waals surface area contributed by atoms with Gasteiger partial charge < -0.3 is 19.3 Å². The van der Waals surface area contributed by atoms with Gasteiger partial charge in [-0.05, 0) is 69.2 Å². The SMILES string of the molecule is CC(C)(C)OC(=O)CC[C@]1(C(=O)NNCc2ccccc2C(F)(F)F)N=C(c2ccc(OCCCO)cc2)O[C@H]1c1ccccc1Br. The van der Waals surface area contributed by atoms with Crippen molar-refractivity contribution in [3.05, 3.63) is 99.5 Å². The van der Waals surface area contributed by atoms with Crippen molar-refractivity contribution < 1.29 is 42.1 Å². The first-order chi connectivity index (χ1) is 22.2. The molecule has 1 heterocycles. The molecule has 1 aliphatic rings. The predicted molar refractivity (Wildman–Crippen MR) is 172 cm³/mol. The number of hydrogen-bond acceptors (Lipinski definition) is 8. The van der Waals surface area contributed by atoms with E-state index in [-0.39, 0.29) is 37.5 Å². The second-order valence-corrected chi connectivity index (χ2v) is 12.7. The molecule has 47 heavy (non-hydrogen) atoms. The lowest BCUT2D eigenvalue weighted by molar-refractivity contribution is -0.155. The maximum Gasteiger partial charge on any atom is 0.416 e. The van der Waals surface area contributed by atoms with Crippen molar-refractivity contribution in [2.24, 2.45) is 4.99 Å². The van der Waals surface area contributed by atoms with Crippen LogP contribution >= 0.6 is 15.9 Å². The monoisotopic (exact) mass is 719 g/mol. The fourth-order valence-corrected chi connectivity index (χ4v) is 5.49. The zero-order chi connectivity index (χ0) is 34.2. The highest BCUT2D eigenvalue weighted by Gasteiger charge is 2.54. The summed E-state index contributed by atoms with van der Waals surface area (Å²) >= 11 is 3.54. The van der Waals surface area contributed by atoms with Gasteiger partial charge in [0.05, 0.1) is 12.2 Å². The Morgan fingerprint density at radius 1 is 1.02 bits per heavy atom. The molecule has 0 saturated carbocycles. The lowest BCUT2D eigenvalue weighted by Gasteiger charge is -2.31. The molecule has 0 aromatic heterocycles. The van der Waals surface area contributed by atoms with Crippen molar-refractivity contribution in [3.8, 4) is 5.75 Å². The van der Waals surface area contributed by atoms with Crippen molar-refractivity contribution in [1.82, 2.24) is 10.9 Å². The molecule has 0 fully saturated rings. The first-order valence-corrected chi connectivity index (χ1v) is 15.8. The molecule has 0 unspecified atom stereocenters. The largest absolute Gasteiger partial charge is 0.494 e.